The quantitative estimate of drug-likeness (QED) is 0.348. The van der Waals surface area contributed by atoms with E-state index in [0.717, 1.165) is 10.5 Å². The predicted molar refractivity (Wildman–Crippen MR) is 94.5 cm³/mol. The maximum atomic E-state index is 12.2. The molecule has 0 aliphatic carbocycles. The van der Waals surface area contributed by atoms with Crippen LogP contribution < -0.4 is 5.32 Å². The number of amides is 1. The SMILES string of the molecule is N#C/C(=C\c1cccc(Br)c1)C(=O)Nc1ccc(Cl)cc1[N+](=O)[O-]. The zero-order valence-corrected chi connectivity index (χ0v) is 14.3. The summed E-state index contributed by atoms with van der Waals surface area (Å²) in [6, 6.07) is 12.7. The Morgan fingerprint density at radius 3 is 2.71 bits per heavy atom. The normalized spacial score (nSPS) is 10.8. The molecule has 2 rings (SSSR count). The molecule has 0 aliphatic heterocycles. The monoisotopic (exact) mass is 405 g/mol. The van der Waals surface area contributed by atoms with Gasteiger partial charge in [-0.15, -0.1) is 0 Å². The van der Waals surface area contributed by atoms with Gasteiger partial charge in [-0.1, -0.05) is 39.7 Å². The standard InChI is InChI=1S/C16H9BrClN3O3/c17-12-3-1-2-10(7-12)6-11(9-19)16(22)20-14-5-4-13(18)8-15(14)21(23)24/h1-8H,(H,20,22)/b11-6+. The summed E-state index contributed by atoms with van der Waals surface area (Å²) < 4.78 is 0.794. The molecular weight excluding hydrogens is 398 g/mol. The highest BCUT2D eigenvalue weighted by molar-refractivity contribution is 9.10. The average molecular weight is 407 g/mol. The molecule has 0 heterocycles. The number of hydrogen-bond acceptors (Lipinski definition) is 4. The first kappa shape index (κ1) is 17.7. The van der Waals surface area contributed by atoms with Gasteiger partial charge in [0.25, 0.3) is 11.6 Å². The lowest BCUT2D eigenvalue weighted by molar-refractivity contribution is -0.383. The molecule has 2 aromatic carbocycles. The van der Waals surface area contributed by atoms with Crippen molar-refractivity contribution in [3.05, 3.63) is 73.2 Å². The second-order valence-electron chi connectivity index (χ2n) is 4.60. The summed E-state index contributed by atoms with van der Waals surface area (Å²) in [6.45, 7) is 0. The molecule has 0 radical (unpaired) electrons. The molecule has 0 fully saturated rings. The average Bonchev–Trinajstić information content (AvgIpc) is 2.54. The highest BCUT2D eigenvalue weighted by Crippen LogP contribution is 2.28. The molecule has 0 saturated carbocycles. The fourth-order valence-corrected chi connectivity index (χ4v) is 2.45. The van der Waals surface area contributed by atoms with Gasteiger partial charge in [-0.05, 0) is 35.9 Å². The van der Waals surface area contributed by atoms with E-state index in [1.54, 1.807) is 30.3 Å². The largest absolute Gasteiger partial charge is 0.316 e. The number of nitriles is 1. The Morgan fingerprint density at radius 2 is 2.08 bits per heavy atom. The van der Waals surface area contributed by atoms with Crippen molar-refractivity contribution in [3.63, 3.8) is 0 Å². The van der Waals surface area contributed by atoms with E-state index >= 15 is 0 Å². The third kappa shape index (κ3) is 4.41. The lowest BCUT2D eigenvalue weighted by Gasteiger charge is -2.06. The molecule has 0 atom stereocenters. The molecule has 2 aromatic rings. The highest BCUT2D eigenvalue weighted by atomic mass is 79.9. The predicted octanol–water partition coefficient (Wildman–Crippen LogP) is 4.56. The molecule has 0 aromatic heterocycles. The van der Waals surface area contributed by atoms with E-state index < -0.39 is 10.8 Å². The maximum absolute atomic E-state index is 12.2. The van der Waals surface area contributed by atoms with Gasteiger partial charge in [0.2, 0.25) is 0 Å². The summed E-state index contributed by atoms with van der Waals surface area (Å²) in [5.41, 5.74) is 0.0689. The lowest BCUT2D eigenvalue weighted by atomic mass is 10.1. The maximum Gasteiger partial charge on any atom is 0.294 e. The van der Waals surface area contributed by atoms with Crippen LogP contribution in [-0.2, 0) is 4.79 Å². The number of carbonyl (C=O) groups excluding carboxylic acids is 1. The van der Waals surface area contributed by atoms with Gasteiger partial charge >= 0.3 is 0 Å². The first-order chi connectivity index (χ1) is 11.4. The smallest absolute Gasteiger partial charge is 0.294 e. The highest BCUT2D eigenvalue weighted by Gasteiger charge is 2.18. The molecule has 1 N–H and O–H groups in total. The molecule has 8 heteroatoms. The molecule has 24 heavy (non-hydrogen) atoms. The third-order valence-electron chi connectivity index (χ3n) is 2.93. The van der Waals surface area contributed by atoms with Crippen molar-refractivity contribution in [3.8, 4) is 6.07 Å². The van der Waals surface area contributed by atoms with Crippen LogP contribution in [0.4, 0.5) is 11.4 Å². The van der Waals surface area contributed by atoms with Gasteiger partial charge in [0.05, 0.1) is 4.92 Å². The number of rotatable bonds is 4. The van der Waals surface area contributed by atoms with E-state index in [9.17, 15) is 20.2 Å². The summed E-state index contributed by atoms with van der Waals surface area (Å²) in [5, 5.41) is 22.8. The number of carbonyl (C=O) groups is 1. The molecule has 0 aliphatic rings. The van der Waals surface area contributed by atoms with Crippen molar-refractivity contribution < 1.29 is 9.72 Å². The molecule has 6 nitrogen and oxygen atoms in total. The number of nitro groups is 1. The van der Waals surface area contributed by atoms with Crippen molar-refractivity contribution >= 4 is 50.9 Å². The van der Waals surface area contributed by atoms with E-state index in [-0.39, 0.29) is 22.0 Å². The van der Waals surface area contributed by atoms with Crippen LogP contribution in [0, 0.1) is 21.4 Å². The van der Waals surface area contributed by atoms with Gasteiger partial charge in [-0.3, -0.25) is 14.9 Å². The van der Waals surface area contributed by atoms with E-state index in [1.165, 1.54) is 18.2 Å². The van der Waals surface area contributed by atoms with Gasteiger partial charge in [-0.2, -0.15) is 5.26 Å². The zero-order valence-electron chi connectivity index (χ0n) is 12.0. The fourth-order valence-electron chi connectivity index (χ4n) is 1.86. The minimum absolute atomic E-state index is 0.0372. The van der Waals surface area contributed by atoms with Crippen molar-refractivity contribution in [1.29, 1.82) is 5.26 Å². The Balaban J connectivity index is 2.31. The Morgan fingerprint density at radius 1 is 1.33 bits per heavy atom. The topological polar surface area (TPSA) is 96.0 Å². The van der Waals surface area contributed by atoms with Gasteiger partial charge in [0.1, 0.15) is 17.3 Å². The zero-order chi connectivity index (χ0) is 17.7. The minimum atomic E-state index is -0.747. The number of nitrogens with zero attached hydrogens (tertiary/aromatic N) is 2. The summed E-state index contributed by atoms with van der Waals surface area (Å²) >= 11 is 9.02. The van der Waals surface area contributed by atoms with Gasteiger partial charge in [-0.25, -0.2) is 0 Å². The molecule has 0 bridgehead atoms. The van der Waals surface area contributed by atoms with Crippen LogP contribution in [0.5, 0.6) is 0 Å². The summed E-state index contributed by atoms with van der Waals surface area (Å²) in [7, 11) is 0. The number of nitrogens with one attached hydrogen (secondary N) is 1. The Labute approximate surface area is 150 Å². The van der Waals surface area contributed by atoms with Crippen LogP contribution in [0.25, 0.3) is 6.08 Å². The molecule has 120 valence electrons. The second kappa shape index (κ2) is 7.73. The molecule has 0 saturated heterocycles. The Kier molecular flexibility index (Phi) is 5.68. The number of hydrogen-bond donors (Lipinski definition) is 1. The van der Waals surface area contributed by atoms with Crippen LogP contribution in [0.1, 0.15) is 5.56 Å². The number of halogens is 2. The molecule has 0 spiro atoms. The van der Waals surface area contributed by atoms with Crippen LogP contribution in [-0.4, -0.2) is 10.8 Å². The number of nitro benzene ring substituents is 1. The van der Waals surface area contributed by atoms with E-state index in [2.05, 4.69) is 21.2 Å². The van der Waals surface area contributed by atoms with E-state index in [4.69, 9.17) is 11.6 Å². The van der Waals surface area contributed by atoms with Crippen LogP contribution in [0.15, 0.2) is 52.5 Å². The summed E-state index contributed by atoms with van der Waals surface area (Å²) in [5.74, 6) is -0.747. The third-order valence-corrected chi connectivity index (χ3v) is 3.66. The molecule has 1 amide bonds. The minimum Gasteiger partial charge on any atom is -0.316 e. The fraction of sp³-hybridized carbons (Fsp3) is 0. The van der Waals surface area contributed by atoms with Crippen LogP contribution in [0.2, 0.25) is 5.02 Å². The van der Waals surface area contributed by atoms with Crippen molar-refractivity contribution in [2.75, 3.05) is 5.32 Å². The first-order valence-electron chi connectivity index (χ1n) is 6.53. The Bertz CT molecular complexity index is 890. The summed E-state index contributed by atoms with van der Waals surface area (Å²) in [4.78, 5) is 22.6. The van der Waals surface area contributed by atoms with Crippen LogP contribution >= 0.6 is 27.5 Å². The van der Waals surface area contributed by atoms with E-state index in [1.807, 2.05) is 0 Å². The molecule has 0 unspecified atom stereocenters. The van der Waals surface area contributed by atoms with Crippen LogP contribution in [0.3, 0.4) is 0 Å². The second-order valence-corrected chi connectivity index (χ2v) is 5.95. The number of anilines is 1. The number of benzene rings is 2. The molecular formula is C16H9BrClN3O3. The van der Waals surface area contributed by atoms with Crippen molar-refractivity contribution in [2.24, 2.45) is 0 Å². The van der Waals surface area contributed by atoms with E-state index in [0.29, 0.717) is 5.56 Å². The van der Waals surface area contributed by atoms with Gasteiger partial charge in [0.15, 0.2) is 0 Å². The first-order valence-corrected chi connectivity index (χ1v) is 7.70. The van der Waals surface area contributed by atoms with Crippen molar-refractivity contribution in [2.45, 2.75) is 0 Å². The van der Waals surface area contributed by atoms with Gasteiger partial charge < -0.3 is 5.32 Å². The summed E-state index contributed by atoms with van der Waals surface area (Å²) in [6.07, 6.45) is 1.39. The lowest BCUT2D eigenvalue weighted by Crippen LogP contribution is -2.14. The van der Waals surface area contributed by atoms with Gasteiger partial charge in [0, 0.05) is 15.6 Å². The Hall–Kier alpha value is -2.69. The van der Waals surface area contributed by atoms with Crippen molar-refractivity contribution in [1.82, 2.24) is 0 Å².